The monoisotopic (exact) mass is 246 g/mol. The van der Waals surface area contributed by atoms with Crippen LogP contribution in [-0.4, -0.2) is 18.0 Å². The number of rotatable bonds is 3. The predicted octanol–water partition coefficient (Wildman–Crippen LogP) is 2.03. The molecule has 98 valence electrons. The maximum Gasteiger partial charge on any atom is 0.237 e. The van der Waals surface area contributed by atoms with Gasteiger partial charge in [-0.2, -0.15) is 0 Å². The molecule has 1 aromatic rings. The van der Waals surface area contributed by atoms with Gasteiger partial charge in [-0.3, -0.25) is 4.79 Å². The highest BCUT2D eigenvalue weighted by Crippen LogP contribution is 2.40. The van der Waals surface area contributed by atoms with Crippen molar-refractivity contribution in [3.8, 4) is 0 Å². The lowest BCUT2D eigenvalue weighted by atomic mass is 9.87. The van der Waals surface area contributed by atoms with Gasteiger partial charge in [-0.15, -0.1) is 0 Å². The quantitative estimate of drug-likeness (QED) is 0.857. The van der Waals surface area contributed by atoms with E-state index in [1.54, 1.807) is 0 Å². The Morgan fingerprint density at radius 2 is 1.94 bits per heavy atom. The Morgan fingerprint density at radius 3 is 2.50 bits per heavy atom. The number of carbonyl (C=O) groups is 1. The third kappa shape index (κ3) is 2.91. The van der Waals surface area contributed by atoms with E-state index in [2.05, 4.69) is 17.4 Å². The number of hydrogen-bond acceptors (Lipinski definition) is 2. The third-order valence-corrected chi connectivity index (χ3v) is 3.56. The van der Waals surface area contributed by atoms with Gasteiger partial charge in [-0.1, -0.05) is 51.1 Å². The van der Waals surface area contributed by atoms with Crippen LogP contribution in [0.25, 0.3) is 0 Å². The van der Waals surface area contributed by atoms with Crippen molar-refractivity contribution in [3.63, 3.8) is 0 Å². The molecule has 0 spiro atoms. The maximum atomic E-state index is 12.0. The fourth-order valence-electron chi connectivity index (χ4n) is 2.09. The average Bonchev–Trinajstić information content (AvgIpc) is 3.07. The molecule has 2 rings (SSSR count). The van der Waals surface area contributed by atoms with E-state index in [1.165, 1.54) is 5.56 Å². The van der Waals surface area contributed by atoms with Gasteiger partial charge in [0, 0.05) is 12.0 Å². The lowest BCUT2D eigenvalue weighted by Crippen LogP contribution is -2.49. The normalized spacial score (nSPS) is 24.4. The van der Waals surface area contributed by atoms with E-state index in [1.807, 2.05) is 39.0 Å². The van der Waals surface area contributed by atoms with Gasteiger partial charge in [0.1, 0.15) is 0 Å². The van der Waals surface area contributed by atoms with E-state index in [-0.39, 0.29) is 17.4 Å². The molecule has 1 amide bonds. The molecule has 1 saturated carbocycles. The Morgan fingerprint density at radius 1 is 1.33 bits per heavy atom. The molecule has 0 aromatic heterocycles. The Labute approximate surface area is 109 Å². The average molecular weight is 246 g/mol. The SMILES string of the molecule is CC(C)(C)C(N)C(=O)NC1CC1c1ccccc1. The lowest BCUT2D eigenvalue weighted by molar-refractivity contribution is -0.124. The van der Waals surface area contributed by atoms with Gasteiger partial charge in [0.2, 0.25) is 5.91 Å². The first-order chi connectivity index (χ1) is 8.39. The summed E-state index contributed by atoms with van der Waals surface area (Å²) < 4.78 is 0. The van der Waals surface area contributed by atoms with Crippen molar-refractivity contribution in [1.29, 1.82) is 0 Å². The van der Waals surface area contributed by atoms with Crippen LogP contribution in [-0.2, 0) is 4.79 Å². The van der Waals surface area contributed by atoms with E-state index < -0.39 is 6.04 Å². The Balaban J connectivity index is 1.89. The van der Waals surface area contributed by atoms with Crippen LogP contribution in [0.1, 0.15) is 38.7 Å². The van der Waals surface area contributed by atoms with Crippen LogP contribution < -0.4 is 11.1 Å². The highest BCUT2D eigenvalue weighted by Gasteiger charge is 2.41. The van der Waals surface area contributed by atoms with Gasteiger partial charge in [0.05, 0.1) is 6.04 Å². The summed E-state index contributed by atoms with van der Waals surface area (Å²) in [6.45, 7) is 5.95. The smallest absolute Gasteiger partial charge is 0.237 e. The molecule has 0 heterocycles. The minimum atomic E-state index is -0.450. The van der Waals surface area contributed by atoms with Crippen LogP contribution in [0.15, 0.2) is 30.3 Å². The highest BCUT2D eigenvalue weighted by atomic mass is 16.2. The predicted molar refractivity (Wildman–Crippen MR) is 73.2 cm³/mol. The molecule has 0 saturated heterocycles. The second-order valence-corrected chi connectivity index (χ2v) is 6.21. The molecule has 0 bridgehead atoms. The minimum absolute atomic E-state index is 0.0362. The van der Waals surface area contributed by atoms with Crippen molar-refractivity contribution >= 4 is 5.91 Å². The van der Waals surface area contributed by atoms with Gasteiger partial charge in [-0.05, 0) is 17.4 Å². The van der Waals surface area contributed by atoms with E-state index in [0.29, 0.717) is 5.92 Å². The van der Waals surface area contributed by atoms with Crippen LogP contribution >= 0.6 is 0 Å². The maximum absolute atomic E-state index is 12.0. The Hall–Kier alpha value is -1.35. The number of hydrogen-bond donors (Lipinski definition) is 2. The molecule has 0 radical (unpaired) electrons. The first-order valence-electron chi connectivity index (χ1n) is 6.50. The zero-order chi connectivity index (χ0) is 13.3. The lowest BCUT2D eigenvalue weighted by Gasteiger charge is -2.25. The van der Waals surface area contributed by atoms with Gasteiger partial charge in [0.15, 0.2) is 0 Å². The molecule has 3 nitrogen and oxygen atoms in total. The van der Waals surface area contributed by atoms with Gasteiger partial charge >= 0.3 is 0 Å². The Bertz CT molecular complexity index is 422. The molecule has 3 N–H and O–H groups in total. The molecule has 3 atom stereocenters. The number of benzene rings is 1. The van der Waals surface area contributed by atoms with Crippen LogP contribution in [0.4, 0.5) is 0 Å². The summed E-state index contributed by atoms with van der Waals surface area (Å²) in [5, 5.41) is 3.04. The second-order valence-electron chi connectivity index (χ2n) is 6.21. The van der Waals surface area contributed by atoms with Crippen molar-refractivity contribution in [3.05, 3.63) is 35.9 Å². The van der Waals surface area contributed by atoms with Crippen molar-refractivity contribution in [1.82, 2.24) is 5.32 Å². The van der Waals surface area contributed by atoms with E-state index in [9.17, 15) is 4.79 Å². The number of carbonyl (C=O) groups excluding carboxylic acids is 1. The molecular weight excluding hydrogens is 224 g/mol. The first-order valence-corrected chi connectivity index (χ1v) is 6.50. The summed E-state index contributed by atoms with van der Waals surface area (Å²) in [7, 11) is 0. The molecule has 3 heteroatoms. The van der Waals surface area contributed by atoms with Crippen LogP contribution in [0.2, 0.25) is 0 Å². The minimum Gasteiger partial charge on any atom is -0.351 e. The summed E-state index contributed by atoms with van der Waals surface area (Å²) in [6.07, 6.45) is 1.02. The van der Waals surface area contributed by atoms with Crippen LogP contribution in [0.3, 0.4) is 0 Å². The van der Waals surface area contributed by atoms with Gasteiger partial charge in [-0.25, -0.2) is 0 Å². The van der Waals surface area contributed by atoms with Crippen molar-refractivity contribution < 1.29 is 4.79 Å². The van der Waals surface area contributed by atoms with Crippen molar-refractivity contribution in [2.75, 3.05) is 0 Å². The third-order valence-electron chi connectivity index (χ3n) is 3.56. The Kier molecular flexibility index (Phi) is 3.44. The zero-order valence-corrected chi connectivity index (χ0v) is 11.3. The van der Waals surface area contributed by atoms with E-state index in [4.69, 9.17) is 5.73 Å². The van der Waals surface area contributed by atoms with Crippen molar-refractivity contribution in [2.24, 2.45) is 11.1 Å². The van der Waals surface area contributed by atoms with Crippen LogP contribution in [0, 0.1) is 5.41 Å². The fourth-order valence-corrected chi connectivity index (χ4v) is 2.09. The molecular formula is C15H22N2O. The van der Waals surface area contributed by atoms with Gasteiger partial charge in [0.25, 0.3) is 0 Å². The number of nitrogens with one attached hydrogen (secondary N) is 1. The highest BCUT2D eigenvalue weighted by molar-refractivity contribution is 5.83. The van der Waals surface area contributed by atoms with Crippen LogP contribution in [0.5, 0.6) is 0 Å². The molecule has 1 aliphatic carbocycles. The van der Waals surface area contributed by atoms with Crippen molar-refractivity contribution in [2.45, 2.75) is 45.2 Å². The second kappa shape index (κ2) is 4.73. The fraction of sp³-hybridized carbons (Fsp3) is 0.533. The molecule has 1 aliphatic rings. The summed E-state index contributed by atoms with van der Waals surface area (Å²) in [4.78, 5) is 12.0. The zero-order valence-electron chi connectivity index (χ0n) is 11.3. The summed E-state index contributed by atoms with van der Waals surface area (Å²) >= 11 is 0. The van der Waals surface area contributed by atoms with Gasteiger partial charge < -0.3 is 11.1 Å². The number of nitrogens with two attached hydrogens (primary N) is 1. The molecule has 3 unspecified atom stereocenters. The molecule has 1 fully saturated rings. The number of amides is 1. The standard InChI is InChI=1S/C15H22N2O/c1-15(2,3)13(16)14(18)17-12-9-11(12)10-7-5-4-6-8-10/h4-8,11-13H,9,16H2,1-3H3,(H,17,18). The topological polar surface area (TPSA) is 55.1 Å². The molecule has 0 aliphatic heterocycles. The van der Waals surface area contributed by atoms with E-state index in [0.717, 1.165) is 6.42 Å². The molecule has 1 aromatic carbocycles. The summed E-state index contributed by atoms with van der Waals surface area (Å²) in [5.74, 6) is 0.424. The molecule has 18 heavy (non-hydrogen) atoms. The largest absolute Gasteiger partial charge is 0.351 e. The summed E-state index contributed by atoms with van der Waals surface area (Å²) in [5.41, 5.74) is 7.05. The van der Waals surface area contributed by atoms with E-state index >= 15 is 0 Å². The first kappa shape index (κ1) is 13.1. The summed E-state index contributed by atoms with van der Waals surface area (Å²) in [6, 6.07) is 10.1.